The molecule has 0 saturated carbocycles. The Morgan fingerprint density at radius 3 is 2.43 bits per heavy atom. The fourth-order valence-electron chi connectivity index (χ4n) is 2.34. The largest absolute Gasteiger partial charge is 0.375 e. The predicted molar refractivity (Wildman–Crippen MR) is 93.0 cm³/mol. The smallest absolute Gasteiger partial charge is 0.215 e. The highest BCUT2D eigenvalue weighted by Gasteiger charge is 2.18. The molecule has 4 nitrogen and oxygen atoms in total. The molecule has 0 amide bonds. The summed E-state index contributed by atoms with van der Waals surface area (Å²) in [4.78, 5) is 0. The molecule has 0 saturated heterocycles. The van der Waals surface area contributed by atoms with Crippen LogP contribution in [0.3, 0.4) is 0 Å². The fraction of sp³-hybridized carbons (Fsp3) is 0.294. The van der Waals surface area contributed by atoms with Crippen LogP contribution in [-0.4, -0.2) is 22.1 Å². The highest BCUT2D eigenvalue weighted by atomic mass is 35.5. The van der Waals surface area contributed by atoms with Gasteiger partial charge in [-0.2, -0.15) is 0 Å². The lowest BCUT2D eigenvalue weighted by Gasteiger charge is -2.18. The molecule has 0 bridgehead atoms. The van der Waals surface area contributed by atoms with Crippen LogP contribution in [0.25, 0.3) is 0 Å². The van der Waals surface area contributed by atoms with Crippen molar-refractivity contribution in [2.24, 2.45) is 0 Å². The highest BCUT2D eigenvalue weighted by Crippen LogP contribution is 2.21. The maximum Gasteiger partial charge on any atom is 0.215 e. The van der Waals surface area contributed by atoms with Crippen molar-refractivity contribution in [2.75, 3.05) is 13.7 Å². The molecule has 0 fully saturated rings. The van der Waals surface area contributed by atoms with Gasteiger partial charge >= 0.3 is 0 Å². The molecule has 2 rings (SSSR count). The third-order valence-corrected chi connectivity index (χ3v) is 5.28. The number of ether oxygens (including phenoxy) is 1. The van der Waals surface area contributed by atoms with Crippen LogP contribution < -0.4 is 4.72 Å². The van der Waals surface area contributed by atoms with Crippen LogP contribution in [0.1, 0.15) is 22.8 Å². The van der Waals surface area contributed by atoms with Gasteiger partial charge in [0.25, 0.3) is 0 Å². The Morgan fingerprint density at radius 2 is 1.78 bits per heavy atom. The van der Waals surface area contributed by atoms with Crippen LogP contribution in [0.2, 0.25) is 5.02 Å². The summed E-state index contributed by atoms with van der Waals surface area (Å²) < 4.78 is 32.6. The zero-order valence-electron chi connectivity index (χ0n) is 13.1. The molecule has 124 valence electrons. The van der Waals surface area contributed by atoms with Gasteiger partial charge in [0.2, 0.25) is 10.0 Å². The number of hydrogen-bond acceptors (Lipinski definition) is 3. The van der Waals surface area contributed by atoms with Crippen LogP contribution in [0.15, 0.2) is 48.5 Å². The quantitative estimate of drug-likeness (QED) is 0.829. The minimum atomic E-state index is -3.50. The molecule has 1 N–H and O–H groups in total. The van der Waals surface area contributed by atoms with Crippen molar-refractivity contribution in [2.45, 2.75) is 18.8 Å². The minimum Gasteiger partial charge on any atom is -0.375 e. The average Bonchev–Trinajstić information content (AvgIpc) is 2.51. The monoisotopic (exact) mass is 353 g/mol. The predicted octanol–water partition coefficient (Wildman–Crippen LogP) is 3.46. The van der Waals surface area contributed by atoms with Gasteiger partial charge in [0, 0.05) is 18.7 Å². The first-order chi connectivity index (χ1) is 10.9. The average molecular weight is 354 g/mol. The van der Waals surface area contributed by atoms with E-state index in [1.807, 2.05) is 31.2 Å². The van der Waals surface area contributed by atoms with Crippen LogP contribution in [-0.2, 0) is 20.5 Å². The van der Waals surface area contributed by atoms with E-state index in [1.165, 1.54) is 0 Å². The molecule has 23 heavy (non-hydrogen) atoms. The van der Waals surface area contributed by atoms with Gasteiger partial charge in [0.15, 0.2) is 0 Å². The number of nitrogens with one attached hydrogen (secondary N) is 1. The third-order valence-electron chi connectivity index (χ3n) is 3.61. The van der Waals surface area contributed by atoms with Gasteiger partial charge < -0.3 is 4.74 Å². The number of aryl methyl sites for hydroxylation is 1. The van der Waals surface area contributed by atoms with Crippen molar-refractivity contribution in [1.29, 1.82) is 0 Å². The summed E-state index contributed by atoms with van der Waals surface area (Å²) in [6.45, 7) is 2.15. The number of rotatable bonds is 7. The molecule has 0 radical (unpaired) electrons. The zero-order chi connectivity index (χ0) is 16.9. The summed E-state index contributed by atoms with van der Waals surface area (Å²) >= 11 is 6.02. The Kier molecular flexibility index (Phi) is 6.18. The molecular formula is C17H20ClNO3S. The van der Waals surface area contributed by atoms with E-state index in [0.717, 1.165) is 11.1 Å². The van der Waals surface area contributed by atoms with Gasteiger partial charge in [0.05, 0.1) is 11.9 Å². The summed E-state index contributed by atoms with van der Waals surface area (Å²) in [6, 6.07) is 14.7. The van der Waals surface area contributed by atoms with E-state index in [0.29, 0.717) is 10.6 Å². The van der Waals surface area contributed by atoms with Gasteiger partial charge in [-0.05, 0) is 29.7 Å². The molecule has 6 heteroatoms. The number of methoxy groups -OCH3 is 1. The summed E-state index contributed by atoms with van der Waals surface area (Å²) in [5.41, 5.74) is 2.60. The minimum absolute atomic E-state index is 0.156. The van der Waals surface area contributed by atoms with E-state index < -0.39 is 10.0 Å². The first-order valence-electron chi connectivity index (χ1n) is 7.22. The maximum absolute atomic E-state index is 12.3. The highest BCUT2D eigenvalue weighted by molar-refractivity contribution is 7.88. The Morgan fingerprint density at radius 1 is 1.13 bits per heavy atom. The van der Waals surface area contributed by atoms with Crippen molar-refractivity contribution < 1.29 is 13.2 Å². The lowest BCUT2D eigenvalue weighted by molar-refractivity contribution is 0.107. The standard InChI is InChI=1S/C17H20ClNO3S/c1-13-7-3-5-9-15(13)17(22-2)11-19-23(20,21)12-14-8-4-6-10-16(14)18/h3-10,17,19H,11-12H2,1-2H3. The van der Waals surface area contributed by atoms with Gasteiger partial charge in [-0.1, -0.05) is 54.1 Å². The van der Waals surface area contributed by atoms with E-state index in [9.17, 15) is 8.42 Å². The Labute approximate surface area is 142 Å². The Hall–Kier alpha value is -1.40. The van der Waals surface area contributed by atoms with Gasteiger partial charge in [0.1, 0.15) is 0 Å². The number of halogens is 1. The Balaban J connectivity index is 2.06. The second-order valence-corrected chi connectivity index (χ2v) is 7.49. The van der Waals surface area contributed by atoms with Crippen molar-refractivity contribution in [1.82, 2.24) is 4.72 Å². The molecule has 2 aromatic rings. The van der Waals surface area contributed by atoms with Gasteiger partial charge in [-0.15, -0.1) is 0 Å². The molecule has 0 aliphatic rings. The molecule has 0 spiro atoms. The Bertz CT molecular complexity index is 762. The topological polar surface area (TPSA) is 55.4 Å². The molecule has 0 aliphatic carbocycles. The lowest BCUT2D eigenvalue weighted by Crippen LogP contribution is -2.30. The lowest BCUT2D eigenvalue weighted by atomic mass is 10.0. The van der Waals surface area contributed by atoms with Crippen molar-refractivity contribution in [3.63, 3.8) is 0 Å². The molecule has 0 heterocycles. The van der Waals surface area contributed by atoms with Gasteiger partial charge in [-0.3, -0.25) is 0 Å². The molecule has 0 aromatic heterocycles. The number of sulfonamides is 1. The van der Waals surface area contributed by atoms with Crippen LogP contribution >= 0.6 is 11.6 Å². The second kappa shape index (κ2) is 7.93. The van der Waals surface area contributed by atoms with Crippen molar-refractivity contribution in [3.05, 3.63) is 70.2 Å². The summed E-state index contributed by atoms with van der Waals surface area (Å²) in [6.07, 6.45) is -0.336. The third kappa shape index (κ3) is 5.04. The van der Waals surface area contributed by atoms with Gasteiger partial charge in [-0.25, -0.2) is 13.1 Å². The van der Waals surface area contributed by atoms with Crippen LogP contribution in [0, 0.1) is 6.92 Å². The summed E-state index contributed by atoms with van der Waals surface area (Å²) in [5.74, 6) is -0.156. The number of benzene rings is 2. The first kappa shape index (κ1) is 17.9. The SMILES string of the molecule is COC(CNS(=O)(=O)Cc1ccccc1Cl)c1ccccc1C. The fourth-order valence-corrected chi connectivity index (χ4v) is 3.79. The second-order valence-electron chi connectivity index (χ2n) is 5.28. The molecule has 2 aromatic carbocycles. The van der Waals surface area contributed by atoms with Crippen LogP contribution in [0.5, 0.6) is 0 Å². The van der Waals surface area contributed by atoms with Crippen molar-refractivity contribution >= 4 is 21.6 Å². The normalized spacial score (nSPS) is 13.0. The summed E-state index contributed by atoms with van der Waals surface area (Å²) in [5, 5.41) is 0.445. The van der Waals surface area contributed by atoms with Crippen molar-refractivity contribution in [3.8, 4) is 0 Å². The van der Waals surface area contributed by atoms with E-state index in [4.69, 9.17) is 16.3 Å². The first-order valence-corrected chi connectivity index (χ1v) is 9.25. The van der Waals surface area contributed by atoms with E-state index in [1.54, 1.807) is 31.4 Å². The molecule has 0 aliphatic heterocycles. The zero-order valence-corrected chi connectivity index (χ0v) is 14.7. The van der Waals surface area contributed by atoms with E-state index in [-0.39, 0.29) is 18.4 Å². The maximum atomic E-state index is 12.3. The van der Waals surface area contributed by atoms with E-state index in [2.05, 4.69) is 4.72 Å². The van der Waals surface area contributed by atoms with E-state index >= 15 is 0 Å². The molecule has 1 unspecified atom stereocenters. The molecular weight excluding hydrogens is 334 g/mol. The number of hydrogen-bond donors (Lipinski definition) is 1. The summed E-state index contributed by atoms with van der Waals surface area (Å²) in [7, 11) is -1.93. The van der Waals surface area contributed by atoms with Crippen LogP contribution in [0.4, 0.5) is 0 Å². The molecule has 1 atom stereocenters.